The van der Waals surface area contributed by atoms with Crippen molar-refractivity contribution in [2.75, 3.05) is 0 Å². The lowest BCUT2D eigenvalue weighted by Gasteiger charge is -2.04. The Kier molecular flexibility index (Phi) is 3.23. The van der Waals surface area contributed by atoms with Gasteiger partial charge in [0.25, 0.3) is 0 Å². The summed E-state index contributed by atoms with van der Waals surface area (Å²) in [6, 6.07) is 5.09. The topological polar surface area (TPSA) is 117 Å². The average molecular weight is 208 g/mol. The molecule has 0 aliphatic carbocycles. The Hall–Kier alpha value is -2.11. The number of hydrogen-bond acceptors (Lipinski definition) is 6. The van der Waals surface area contributed by atoms with Crippen LogP contribution < -0.4 is 4.65 Å². The quantitative estimate of drug-likeness (QED) is 0.404. The summed E-state index contributed by atoms with van der Waals surface area (Å²) in [5.41, 5.74) is -0.413. The molecule has 0 unspecified atom stereocenters. The van der Waals surface area contributed by atoms with Crippen LogP contribution in [0.2, 0.25) is 0 Å². The van der Waals surface area contributed by atoms with Crippen LogP contribution in [0.15, 0.2) is 18.2 Å². The van der Waals surface area contributed by atoms with Gasteiger partial charge in [-0.1, -0.05) is 0 Å². The van der Waals surface area contributed by atoms with E-state index in [4.69, 9.17) is 15.3 Å². The molecule has 1 aromatic rings. The predicted molar refractivity (Wildman–Crippen MR) is 48.6 cm³/mol. The van der Waals surface area contributed by atoms with Crippen LogP contribution in [0.5, 0.6) is 5.75 Å². The molecule has 1 aromatic carbocycles. The number of rotatable bonds is 3. The van der Waals surface area contributed by atoms with Gasteiger partial charge in [0.05, 0.1) is 16.6 Å². The Balaban J connectivity index is 3.16. The van der Waals surface area contributed by atoms with Gasteiger partial charge in [-0.15, -0.1) is 0 Å². The molecule has 7 nitrogen and oxygen atoms in total. The SMILES string of the molecule is N#Cc1ccc(OB(O)O)c([N+](=O)[O-])c1. The molecular weight excluding hydrogens is 203 g/mol. The van der Waals surface area contributed by atoms with E-state index in [1.807, 2.05) is 0 Å². The number of nitro groups is 1. The van der Waals surface area contributed by atoms with E-state index in [1.165, 1.54) is 6.07 Å². The molecule has 0 aliphatic heterocycles. The van der Waals surface area contributed by atoms with E-state index in [0.29, 0.717) is 0 Å². The first-order valence-corrected chi connectivity index (χ1v) is 3.76. The smallest absolute Gasteiger partial charge is 0.507 e. The standard InChI is InChI=1S/C7H5BN2O5/c9-4-5-1-2-7(15-8(11)12)6(3-5)10(13)14/h1-3,11-12H. The molecule has 15 heavy (non-hydrogen) atoms. The van der Waals surface area contributed by atoms with Gasteiger partial charge in [-0.2, -0.15) is 5.26 Å². The van der Waals surface area contributed by atoms with Gasteiger partial charge < -0.3 is 14.7 Å². The highest BCUT2D eigenvalue weighted by Crippen LogP contribution is 2.27. The molecule has 0 aliphatic rings. The van der Waals surface area contributed by atoms with E-state index in [2.05, 4.69) is 4.65 Å². The molecule has 0 bridgehead atoms. The lowest BCUT2D eigenvalue weighted by Crippen LogP contribution is -2.21. The second-order valence-corrected chi connectivity index (χ2v) is 2.50. The van der Waals surface area contributed by atoms with Crippen molar-refractivity contribution in [2.45, 2.75) is 0 Å². The summed E-state index contributed by atoms with van der Waals surface area (Å²) in [6.45, 7) is 0. The minimum absolute atomic E-state index is 0.0847. The Bertz CT molecular complexity index is 428. The van der Waals surface area contributed by atoms with Crippen molar-refractivity contribution < 1.29 is 19.6 Å². The molecule has 0 heterocycles. The van der Waals surface area contributed by atoms with Crippen LogP contribution in [0.4, 0.5) is 5.69 Å². The third-order valence-corrected chi connectivity index (χ3v) is 1.52. The first-order chi connectivity index (χ1) is 7.04. The van der Waals surface area contributed by atoms with Crippen LogP contribution in [0.25, 0.3) is 0 Å². The van der Waals surface area contributed by atoms with E-state index >= 15 is 0 Å². The zero-order valence-electron chi connectivity index (χ0n) is 7.32. The third-order valence-electron chi connectivity index (χ3n) is 1.52. The van der Waals surface area contributed by atoms with Crippen molar-refractivity contribution >= 4 is 13.0 Å². The lowest BCUT2D eigenvalue weighted by molar-refractivity contribution is -0.385. The average Bonchev–Trinajstić information content (AvgIpc) is 2.17. The summed E-state index contributed by atoms with van der Waals surface area (Å²) in [7, 11) is -2.14. The molecule has 0 radical (unpaired) electrons. The number of benzene rings is 1. The van der Waals surface area contributed by atoms with Crippen LogP contribution >= 0.6 is 0 Å². The number of nitriles is 1. The number of hydrogen-bond donors (Lipinski definition) is 2. The fourth-order valence-electron chi connectivity index (χ4n) is 0.943. The fourth-order valence-corrected chi connectivity index (χ4v) is 0.943. The number of nitro benzene ring substituents is 1. The van der Waals surface area contributed by atoms with Crippen LogP contribution in [0, 0.1) is 21.4 Å². The van der Waals surface area contributed by atoms with Crippen LogP contribution in [-0.2, 0) is 0 Å². The van der Waals surface area contributed by atoms with Gasteiger partial charge in [-0.05, 0) is 12.1 Å². The van der Waals surface area contributed by atoms with Crippen molar-refractivity contribution in [2.24, 2.45) is 0 Å². The van der Waals surface area contributed by atoms with Crippen molar-refractivity contribution in [3.63, 3.8) is 0 Å². The molecule has 1 rings (SSSR count). The Labute approximate surface area is 84.5 Å². The fraction of sp³-hybridized carbons (Fsp3) is 0. The first-order valence-electron chi connectivity index (χ1n) is 3.76. The van der Waals surface area contributed by atoms with E-state index in [1.54, 1.807) is 6.07 Å². The maximum Gasteiger partial charge on any atom is 0.707 e. The predicted octanol–water partition coefficient (Wildman–Crippen LogP) is -0.185. The van der Waals surface area contributed by atoms with Crippen LogP contribution in [0.3, 0.4) is 0 Å². The van der Waals surface area contributed by atoms with Gasteiger partial charge in [0.15, 0.2) is 5.75 Å². The minimum Gasteiger partial charge on any atom is -0.507 e. The van der Waals surface area contributed by atoms with Crippen molar-refractivity contribution in [3.8, 4) is 11.8 Å². The molecule has 0 fully saturated rings. The van der Waals surface area contributed by atoms with E-state index in [0.717, 1.165) is 12.1 Å². The first kappa shape index (κ1) is 11.0. The Morgan fingerprint density at radius 1 is 1.53 bits per heavy atom. The highest BCUT2D eigenvalue weighted by molar-refractivity contribution is 6.33. The summed E-state index contributed by atoms with van der Waals surface area (Å²) in [5, 5.41) is 36.0. The van der Waals surface area contributed by atoms with Crippen molar-refractivity contribution in [1.29, 1.82) is 5.26 Å². The zero-order valence-corrected chi connectivity index (χ0v) is 7.32. The maximum atomic E-state index is 10.5. The van der Waals surface area contributed by atoms with Gasteiger partial charge in [0, 0.05) is 6.07 Å². The minimum atomic E-state index is -2.14. The Morgan fingerprint density at radius 3 is 2.67 bits per heavy atom. The van der Waals surface area contributed by atoms with E-state index in [9.17, 15) is 10.1 Å². The van der Waals surface area contributed by atoms with Gasteiger partial charge in [0.2, 0.25) is 0 Å². The largest absolute Gasteiger partial charge is 0.707 e. The molecule has 0 saturated carbocycles. The molecule has 76 valence electrons. The van der Waals surface area contributed by atoms with Gasteiger partial charge in [-0.25, -0.2) is 0 Å². The molecule has 8 heteroatoms. The van der Waals surface area contributed by atoms with Gasteiger partial charge in [0.1, 0.15) is 0 Å². The maximum absolute atomic E-state index is 10.5. The zero-order chi connectivity index (χ0) is 11.4. The molecule has 0 aromatic heterocycles. The monoisotopic (exact) mass is 208 g/mol. The summed E-state index contributed by atoms with van der Waals surface area (Å²) in [5.74, 6) is -0.311. The normalized spacial score (nSPS) is 9.13. The molecule has 0 saturated heterocycles. The third kappa shape index (κ3) is 2.67. The second-order valence-electron chi connectivity index (χ2n) is 2.50. The van der Waals surface area contributed by atoms with Crippen LogP contribution in [-0.4, -0.2) is 22.3 Å². The summed E-state index contributed by atoms with van der Waals surface area (Å²) in [4.78, 5) is 9.75. The lowest BCUT2D eigenvalue weighted by atomic mass is 10.2. The number of nitrogens with zero attached hydrogens (tertiary/aromatic N) is 2. The van der Waals surface area contributed by atoms with Crippen molar-refractivity contribution in [3.05, 3.63) is 33.9 Å². The highest BCUT2D eigenvalue weighted by Gasteiger charge is 2.21. The molecule has 0 atom stereocenters. The van der Waals surface area contributed by atoms with E-state index in [-0.39, 0.29) is 11.3 Å². The summed E-state index contributed by atoms with van der Waals surface area (Å²) < 4.78 is 4.37. The highest BCUT2D eigenvalue weighted by atomic mass is 16.6. The summed E-state index contributed by atoms with van der Waals surface area (Å²) in [6.07, 6.45) is 0. The molecule has 0 amide bonds. The van der Waals surface area contributed by atoms with Gasteiger partial charge in [-0.3, -0.25) is 10.1 Å². The second kappa shape index (κ2) is 4.41. The molecular formula is C7H5BN2O5. The van der Waals surface area contributed by atoms with Gasteiger partial charge >= 0.3 is 13.0 Å². The van der Waals surface area contributed by atoms with Crippen molar-refractivity contribution in [1.82, 2.24) is 0 Å². The molecule has 2 N–H and O–H groups in total. The van der Waals surface area contributed by atoms with E-state index < -0.39 is 17.9 Å². The summed E-state index contributed by atoms with van der Waals surface area (Å²) >= 11 is 0. The Morgan fingerprint density at radius 2 is 2.20 bits per heavy atom. The van der Waals surface area contributed by atoms with Crippen LogP contribution in [0.1, 0.15) is 5.56 Å². The molecule has 0 spiro atoms.